The molecule has 9 heteroatoms. The zero-order chi connectivity index (χ0) is 22.5. The van der Waals surface area contributed by atoms with Crippen LogP contribution in [0.4, 0.5) is 17.1 Å². The minimum atomic E-state index is -0.412. The number of nitrogen functional groups attached to an aromatic ring is 1. The molecule has 0 spiro atoms. The molecular formula is C22H25N5O4. The van der Waals surface area contributed by atoms with E-state index in [2.05, 4.69) is 5.32 Å². The van der Waals surface area contributed by atoms with Crippen molar-refractivity contribution in [2.45, 2.75) is 13.3 Å². The zero-order valence-electron chi connectivity index (χ0n) is 17.5. The van der Waals surface area contributed by atoms with E-state index < -0.39 is 5.97 Å². The van der Waals surface area contributed by atoms with Crippen LogP contribution in [0.1, 0.15) is 29.3 Å². The molecule has 31 heavy (non-hydrogen) atoms. The smallest absolute Gasteiger partial charge is 0.307 e. The molecule has 0 unspecified atom stereocenters. The van der Waals surface area contributed by atoms with E-state index in [1.807, 2.05) is 0 Å². The van der Waals surface area contributed by atoms with Gasteiger partial charge in [0.25, 0.3) is 5.91 Å². The molecule has 3 rings (SSSR count). The van der Waals surface area contributed by atoms with Gasteiger partial charge in [-0.15, -0.1) is 0 Å². The van der Waals surface area contributed by atoms with E-state index in [1.54, 1.807) is 56.4 Å². The molecule has 4 N–H and O–H groups in total. The van der Waals surface area contributed by atoms with E-state index in [4.69, 9.17) is 15.9 Å². The molecule has 0 saturated carbocycles. The Labute approximate surface area is 180 Å². The largest absolute Gasteiger partial charge is 0.466 e. The molecule has 0 saturated heterocycles. The molecule has 1 heterocycles. The lowest BCUT2D eigenvalue weighted by atomic mass is 10.1. The second-order valence-corrected chi connectivity index (χ2v) is 7.08. The molecule has 2 aromatic rings. The number of hydrogen-bond donors (Lipinski definition) is 3. The molecule has 9 nitrogen and oxygen atoms in total. The molecule has 1 aliphatic heterocycles. The molecule has 0 radical (unpaired) electrons. The van der Waals surface area contributed by atoms with Crippen molar-refractivity contribution in [3.63, 3.8) is 0 Å². The number of ether oxygens (including phenoxy) is 1. The average molecular weight is 423 g/mol. The average Bonchev–Trinajstić information content (AvgIpc) is 2.83. The van der Waals surface area contributed by atoms with Gasteiger partial charge in [-0.05, 0) is 49.4 Å². The van der Waals surface area contributed by atoms with Crippen LogP contribution in [0.3, 0.4) is 0 Å². The Hall–Kier alpha value is -3.88. The van der Waals surface area contributed by atoms with Crippen molar-refractivity contribution in [1.82, 2.24) is 4.90 Å². The topological polar surface area (TPSA) is 129 Å². The van der Waals surface area contributed by atoms with Crippen molar-refractivity contribution in [2.24, 2.45) is 5.73 Å². The number of anilines is 3. The molecule has 2 amide bonds. The van der Waals surface area contributed by atoms with Gasteiger partial charge in [0.15, 0.2) is 0 Å². The van der Waals surface area contributed by atoms with Gasteiger partial charge in [-0.3, -0.25) is 19.8 Å². The predicted molar refractivity (Wildman–Crippen MR) is 118 cm³/mol. The summed E-state index contributed by atoms with van der Waals surface area (Å²) in [4.78, 5) is 40.2. The number of likely N-dealkylation sites (N-methyl/N-ethyl adjacent to an activating group) is 1. The van der Waals surface area contributed by atoms with Crippen LogP contribution in [0.15, 0.2) is 42.5 Å². The van der Waals surface area contributed by atoms with Gasteiger partial charge >= 0.3 is 5.97 Å². The van der Waals surface area contributed by atoms with Crippen LogP contribution in [0.25, 0.3) is 0 Å². The van der Waals surface area contributed by atoms with Crippen LogP contribution in [0, 0.1) is 5.41 Å². The molecule has 2 aromatic carbocycles. The van der Waals surface area contributed by atoms with Crippen LogP contribution in [-0.2, 0) is 14.3 Å². The Morgan fingerprint density at radius 1 is 1.16 bits per heavy atom. The summed E-state index contributed by atoms with van der Waals surface area (Å²) < 4.78 is 4.92. The third-order valence-electron chi connectivity index (χ3n) is 4.95. The number of amides is 2. The van der Waals surface area contributed by atoms with Crippen LogP contribution >= 0.6 is 0 Å². The van der Waals surface area contributed by atoms with Gasteiger partial charge in [-0.25, -0.2) is 0 Å². The van der Waals surface area contributed by atoms with Crippen LogP contribution in [0.2, 0.25) is 0 Å². The van der Waals surface area contributed by atoms with Gasteiger partial charge in [0.2, 0.25) is 5.91 Å². The van der Waals surface area contributed by atoms with Crippen molar-refractivity contribution >= 4 is 40.7 Å². The number of nitrogens with two attached hydrogens (primary N) is 1. The molecule has 0 atom stereocenters. The third kappa shape index (κ3) is 5.00. The first-order valence-corrected chi connectivity index (χ1v) is 9.87. The van der Waals surface area contributed by atoms with Crippen molar-refractivity contribution in [2.75, 3.05) is 37.0 Å². The second-order valence-electron chi connectivity index (χ2n) is 7.08. The number of nitrogens with zero attached hydrogens (tertiary/aromatic N) is 2. The van der Waals surface area contributed by atoms with Gasteiger partial charge in [-0.2, -0.15) is 0 Å². The van der Waals surface area contributed by atoms with Crippen LogP contribution in [0.5, 0.6) is 0 Å². The maximum atomic E-state index is 13.2. The summed E-state index contributed by atoms with van der Waals surface area (Å²) in [6.07, 6.45) is 0.0202. The number of fused-ring (bicyclic) bond motifs is 1. The zero-order valence-corrected chi connectivity index (χ0v) is 17.5. The highest BCUT2D eigenvalue weighted by molar-refractivity contribution is 6.10. The minimum Gasteiger partial charge on any atom is -0.466 e. The fourth-order valence-corrected chi connectivity index (χ4v) is 3.26. The highest BCUT2D eigenvalue weighted by Gasteiger charge is 2.30. The number of rotatable bonds is 7. The van der Waals surface area contributed by atoms with Gasteiger partial charge in [0, 0.05) is 30.5 Å². The first-order valence-electron chi connectivity index (χ1n) is 9.87. The molecule has 162 valence electrons. The lowest BCUT2D eigenvalue weighted by Gasteiger charge is -2.19. The molecular weight excluding hydrogens is 398 g/mol. The van der Waals surface area contributed by atoms with Crippen molar-refractivity contribution in [1.29, 1.82) is 5.41 Å². The minimum absolute atomic E-state index is 0.0159. The van der Waals surface area contributed by atoms with E-state index in [9.17, 15) is 14.4 Å². The van der Waals surface area contributed by atoms with E-state index >= 15 is 0 Å². The first kappa shape index (κ1) is 21.8. The van der Waals surface area contributed by atoms with Crippen molar-refractivity contribution < 1.29 is 19.1 Å². The Morgan fingerprint density at radius 2 is 1.84 bits per heavy atom. The maximum absolute atomic E-state index is 13.2. The standard InChI is InChI=1S/C22H25N5O4/c1-3-31-20(29)10-11-27-13-19(28)26(2)18-9-8-16(12-17(18)22(27)30)25-15-6-4-14(5-7-15)21(23)24/h4-9,12,25H,3,10-11,13H2,1-2H3,(H3,23,24). The summed E-state index contributed by atoms with van der Waals surface area (Å²) in [5.41, 5.74) is 8.38. The third-order valence-corrected chi connectivity index (χ3v) is 4.95. The van der Waals surface area contributed by atoms with E-state index in [0.717, 1.165) is 5.69 Å². The first-order chi connectivity index (χ1) is 14.8. The van der Waals surface area contributed by atoms with Crippen molar-refractivity contribution in [3.05, 3.63) is 53.6 Å². The predicted octanol–water partition coefficient (Wildman–Crippen LogP) is 2.09. The molecule has 0 aromatic heterocycles. The van der Waals surface area contributed by atoms with Crippen LogP contribution in [-0.4, -0.2) is 55.3 Å². The number of amidine groups is 1. The number of hydrogen-bond acceptors (Lipinski definition) is 6. The maximum Gasteiger partial charge on any atom is 0.307 e. The number of benzene rings is 2. The fourth-order valence-electron chi connectivity index (χ4n) is 3.26. The summed E-state index contributed by atoms with van der Waals surface area (Å²) in [6, 6.07) is 12.2. The lowest BCUT2D eigenvalue weighted by Crippen LogP contribution is -2.39. The Balaban J connectivity index is 1.84. The highest BCUT2D eigenvalue weighted by Crippen LogP contribution is 2.29. The van der Waals surface area contributed by atoms with Crippen LogP contribution < -0.4 is 16.0 Å². The van der Waals surface area contributed by atoms with Gasteiger partial charge < -0.3 is 25.6 Å². The quantitative estimate of drug-likeness (QED) is 0.355. The number of esters is 1. The molecule has 0 bridgehead atoms. The molecule has 1 aliphatic rings. The summed E-state index contributed by atoms with van der Waals surface area (Å²) in [5, 5.41) is 10.7. The van der Waals surface area contributed by atoms with E-state index in [0.29, 0.717) is 22.5 Å². The number of carbonyl (C=O) groups excluding carboxylic acids is 3. The molecule has 0 aliphatic carbocycles. The fraction of sp³-hybridized carbons (Fsp3) is 0.273. The Morgan fingerprint density at radius 3 is 2.48 bits per heavy atom. The molecule has 0 fully saturated rings. The second kappa shape index (κ2) is 9.29. The number of carbonyl (C=O) groups is 3. The summed E-state index contributed by atoms with van der Waals surface area (Å²) >= 11 is 0. The Kier molecular flexibility index (Phi) is 6.54. The van der Waals surface area contributed by atoms with Gasteiger partial charge in [0.1, 0.15) is 12.4 Å². The normalized spacial score (nSPS) is 13.5. The van der Waals surface area contributed by atoms with E-state index in [1.165, 1.54) is 9.80 Å². The summed E-state index contributed by atoms with van der Waals surface area (Å²) in [5.74, 6) is -0.994. The number of nitrogens with one attached hydrogen (secondary N) is 2. The van der Waals surface area contributed by atoms with Crippen molar-refractivity contribution in [3.8, 4) is 0 Å². The summed E-state index contributed by atoms with van der Waals surface area (Å²) in [6.45, 7) is 1.96. The SMILES string of the molecule is CCOC(=O)CCN1CC(=O)N(C)c2ccc(Nc3ccc(C(=N)N)cc3)cc2C1=O. The van der Waals surface area contributed by atoms with Gasteiger partial charge in [0.05, 0.1) is 24.3 Å². The Bertz CT molecular complexity index is 1020. The summed E-state index contributed by atoms with van der Waals surface area (Å²) in [7, 11) is 1.62. The monoisotopic (exact) mass is 423 g/mol. The lowest BCUT2D eigenvalue weighted by molar-refractivity contribution is -0.143. The highest BCUT2D eigenvalue weighted by atomic mass is 16.5. The van der Waals surface area contributed by atoms with Gasteiger partial charge in [-0.1, -0.05) is 0 Å². The van der Waals surface area contributed by atoms with E-state index in [-0.39, 0.29) is 43.8 Å².